The van der Waals surface area contributed by atoms with Gasteiger partial charge in [-0.25, -0.2) is 4.18 Å². The Hall–Kier alpha value is -1.27. The van der Waals surface area contributed by atoms with Gasteiger partial charge in [0.15, 0.2) is 0 Å². The van der Waals surface area contributed by atoms with Crippen LogP contribution in [0.3, 0.4) is 0 Å². The Morgan fingerprint density at radius 1 is 1.46 bits per heavy atom. The van der Waals surface area contributed by atoms with E-state index in [1.165, 1.54) is 0 Å². The van der Waals surface area contributed by atoms with Gasteiger partial charge < -0.3 is 0 Å². The third-order valence-electron chi connectivity index (χ3n) is 1.56. The van der Waals surface area contributed by atoms with E-state index in [4.69, 9.17) is 0 Å². The average molecular weight is 198 g/mol. The quantitative estimate of drug-likeness (QED) is 0.644. The Bertz CT molecular complexity index is 438. The number of hydrogen-bond acceptors (Lipinski definition) is 4. The predicted octanol–water partition coefficient (Wildman–Crippen LogP) is 0.146. The zero-order chi connectivity index (χ0) is 9.31. The van der Waals surface area contributed by atoms with Gasteiger partial charge in [0.1, 0.15) is 6.61 Å². The Balaban J connectivity index is 2.41. The highest BCUT2D eigenvalue weighted by atomic mass is 32.2. The smallest absolute Gasteiger partial charge is 0.264 e. The summed E-state index contributed by atoms with van der Waals surface area (Å²) in [7, 11) is -3.68. The first-order valence-corrected chi connectivity index (χ1v) is 4.92. The molecule has 2 heterocycles. The number of hydrogen-bond donors (Lipinski definition) is 0. The van der Waals surface area contributed by atoms with Crippen LogP contribution in [-0.4, -0.2) is 25.7 Å². The van der Waals surface area contributed by atoms with Crippen LogP contribution in [0.15, 0.2) is 28.9 Å². The minimum absolute atomic E-state index is 0.00593. The molecule has 0 fully saturated rings. The molecule has 0 spiro atoms. The van der Waals surface area contributed by atoms with E-state index >= 15 is 0 Å². The SMILES string of the molecule is O=S1(=O)N=C(c2cccnc2)CO1. The first-order valence-electron chi connectivity index (χ1n) is 3.56. The van der Waals surface area contributed by atoms with Crippen molar-refractivity contribution in [3.63, 3.8) is 0 Å². The van der Waals surface area contributed by atoms with Gasteiger partial charge in [-0.15, -0.1) is 4.40 Å². The lowest BCUT2D eigenvalue weighted by Crippen LogP contribution is -2.02. The molecule has 0 unspecified atom stereocenters. The molecule has 0 saturated heterocycles. The van der Waals surface area contributed by atoms with E-state index < -0.39 is 10.3 Å². The highest BCUT2D eigenvalue weighted by molar-refractivity contribution is 7.85. The normalized spacial score (nSPS) is 19.8. The van der Waals surface area contributed by atoms with Crippen LogP contribution in [0.1, 0.15) is 5.56 Å². The van der Waals surface area contributed by atoms with Crippen molar-refractivity contribution in [3.05, 3.63) is 30.1 Å². The largest absolute Gasteiger partial charge is 0.381 e. The van der Waals surface area contributed by atoms with Crippen LogP contribution in [0.4, 0.5) is 0 Å². The zero-order valence-electron chi connectivity index (χ0n) is 6.54. The Labute approximate surface area is 75.4 Å². The zero-order valence-corrected chi connectivity index (χ0v) is 7.36. The van der Waals surface area contributed by atoms with E-state index in [0.29, 0.717) is 11.3 Å². The number of pyridine rings is 1. The maximum absolute atomic E-state index is 10.8. The predicted molar refractivity (Wildman–Crippen MR) is 45.6 cm³/mol. The van der Waals surface area contributed by atoms with Crippen LogP contribution >= 0.6 is 0 Å². The Morgan fingerprint density at radius 3 is 2.85 bits per heavy atom. The first kappa shape index (κ1) is 8.33. The minimum Gasteiger partial charge on any atom is -0.264 e. The minimum atomic E-state index is -3.68. The maximum Gasteiger partial charge on any atom is 0.381 e. The summed E-state index contributed by atoms with van der Waals surface area (Å²) < 4.78 is 29.4. The van der Waals surface area contributed by atoms with Gasteiger partial charge in [0.05, 0.1) is 5.71 Å². The summed E-state index contributed by atoms with van der Waals surface area (Å²) in [5.74, 6) is 0. The molecule has 0 aromatic carbocycles. The van der Waals surface area contributed by atoms with Crippen molar-refractivity contribution in [2.75, 3.05) is 6.61 Å². The van der Waals surface area contributed by atoms with Crippen molar-refractivity contribution in [2.24, 2.45) is 4.40 Å². The molecule has 1 aliphatic rings. The standard InChI is InChI=1S/C7H6N2O3S/c10-13(11)9-7(5-12-13)6-2-1-3-8-4-6/h1-4H,5H2. The molecule has 2 rings (SSSR count). The van der Waals surface area contributed by atoms with Crippen LogP contribution in [0.5, 0.6) is 0 Å². The highest BCUT2D eigenvalue weighted by Gasteiger charge is 2.21. The monoisotopic (exact) mass is 198 g/mol. The fraction of sp³-hybridized carbons (Fsp3) is 0.143. The summed E-state index contributed by atoms with van der Waals surface area (Å²) in [4.78, 5) is 3.85. The summed E-state index contributed by atoms with van der Waals surface area (Å²) in [6.07, 6.45) is 3.15. The van der Waals surface area contributed by atoms with Gasteiger partial charge in [0, 0.05) is 18.0 Å². The van der Waals surface area contributed by atoms with Crippen molar-refractivity contribution in [1.29, 1.82) is 0 Å². The first-order chi connectivity index (χ1) is 6.17. The van der Waals surface area contributed by atoms with Gasteiger partial charge in [-0.05, 0) is 12.1 Å². The van der Waals surface area contributed by atoms with Gasteiger partial charge in [-0.1, -0.05) is 0 Å². The van der Waals surface area contributed by atoms with Gasteiger partial charge in [0.25, 0.3) is 0 Å². The van der Waals surface area contributed by atoms with Crippen molar-refractivity contribution >= 4 is 16.0 Å². The van der Waals surface area contributed by atoms with E-state index in [9.17, 15) is 8.42 Å². The molecule has 1 aromatic rings. The van der Waals surface area contributed by atoms with E-state index in [1.807, 2.05) is 0 Å². The summed E-state index contributed by atoms with van der Waals surface area (Å²) in [5.41, 5.74) is 1.07. The summed E-state index contributed by atoms with van der Waals surface area (Å²) in [6.45, 7) is -0.00593. The molecule has 0 bridgehead atoms. The van der Waals surface area contributed by atoms with Gasteiger partial charge in [-0.3, -0.25) is 4.98 Å². The fourth-order valence-electron chi connectivity index (χ4n) is 0.987. The molecular formula is C7H6N2O3S. The summed E-state index contributed by atoms with van der Waals surface area (Å²) >= 11 is 0. The molecule has 1 aromatic heterocycles. The summed E-state index contributed by atoms with van der Waals surface area (Å²) in [6, 6.07) is 3.44. The molecule has 5 nitrogen and oxygen atoms in total. The molecule has 0 amide bonds. The van der Waals surface area contributed by atoms with E-state index in [0.717, 1.165) is 0 Å². The fourth-order valence-corrected chi connectivity index (χ4v) is 1.73. The number of nitrogens with zero attached hydrogens (tertiary/aromatic N) is 2. The number of rotatable bonds is 1. The van der Waals surface area contributed by atoms with Gasteiger partial charge >= 0.3 is 10.3 Å². The van der Waals surface area contributed by atoms with Crippen LogP contribution in [0.2, 0.25) is 0 Å². The lowest BCUT2D eigenvalue weighted by Gasteiger charge is -1.93. The Morgan fingerprint density at radius 2 is 2.31 bits per heavy atom. The van der Waals surface area contributed by atoms with Crippen LogP contribution in [-0.2, 0) is 14.5 Å². The second kappa shape index (κ2) is 2.90. The molecule has 0 radical (unpaired) electrons. The lowest BCUT2D eigenvalue weighted by atomic mass is 10.2. The summed E-state index contributed by atoms with van der Waals surface area (Å²) in [5, 5.41) is 0. The van der Waals surface area contributed by atoms with Crippen LogP contribution in [0, 0.1) is 0 Å². The topological polar surface area (TPSA) is 68.6 Å². The third kappa shape index (κ3) is 1.73. The van der Waals surface area contributed by atoms with Crippen molar-refractivity contribution in [2.45, 2.75) is 0 Å². The van der Waals surface area contributed by atoms with E-state index in [2.05, 4.69) is 13.6 Å². The van der Waals surface area contributed by atoms with E-state index in [-0.39, 0.29) is 6.61 Å². The average Bonchev–Trinajstić information content (AvgIpc) is 2.48. The number of aromatic nitrogens is 1. The van der Waals surface area contributed by atoms with Crippen molar-refractivity contribution < 1.29 is 12.6 Å². The second-order valence-electron chi connectivity index (χ2n) is 2.47. The van der Waals surface area contributed by atoms with Crippen LogP contribution in [0.25, 0.3) is 0 Å². The molecule has 68 valence electrons. The molecule has 0 aliphatic carbocycles. The Kier molecular flexibility index (Phi) is 1.86. The molecule has 6 heteroatoms. The molecule has 0 atom stereocenters. The maximum atomic E-state index is 10.8. The van der Waals surface area contributed by atoms with Crippen molar-refractivity contribution in [1.82, 2.24) is 4.98 Å². The van der Waals surface area contributed by atoms with Crippen molar-refractivity contribution in [3.8, 4) is 0 Å². The lowest BCUT2D eigenvalue weighted by molar-refractivity contribution is 0.382. The van der Waals surface area contributed by atoms with Crippen LogP contribution < -0.4 is 0 Å². The molecule has 0 saturated carbocycles. The van der Waals surface area contributed by atoms with E-state index in [1.54, 1.807) is 24.5 Å². The molecule has 13 heavy (non-hydrogen) atoms. The van der Waals surface area contributed by atoms with Gasteiger partial charge in [-0.2, -0.15) is 8.42 Å². The highest BCUT2D eigenvalue weighted by Crippen LogP contribution is 2.11. The molecular weight excluding hydrogens is 192 g/mol. The molecule has 0 N–H and O–H groups in total. The molecule has 1 aliphatic heterocycles. The third-order valence-corrected chi connectivity index (χ3v) is 2.42. The second-order valence-corrected chi connectivity index (χ2v) is 3.74. The van der Waals surface area contributed by atoms with Gasteiger partial charge in [0.2, 0.25) is 0 Å².